The summed E-state index contributed by atoms with van der Waals surface area (Å²) >= 11 is 0. The molecule has 0 radical (unpaired) electrons. The van der Waals surface area contributed by atoms with Crippen LogP contribution in [-0.4, -0.2) is 53.8 Å². The Hall–Kier alpha value is -3.43. The number of aromatic nitrogens is 1. The molecule has 7 nitrogen and oxygen atoms in total. The molecule has 1 atom stereocenters. The summed E-state index contributed by atoms with van der Waals surface area (Å²) in [5.74, 6) is -0.665. The standard InChI is InChI=1S/C26H26FN3O4S/c1-18-4-3-5-20(14-18)17-29-24(15-21-10-13-34-26(21)29)25(31)28-11-12-30(19(2)16-28)35(32,33)23-8-6-22(27)7-9-23/h3-10,13-15,19H,11-12,16-17H2,1-2H3/t19-/m0/s1. The van der Waals surface area contributed by atoms with Crippen molar-refractivity contribution in [2.75, 3.05) is 19.6 Å². The summed E-state index contributed by atoms with van der Waals surface area (Å²) in [5.41, 5.74) is 3.31. The number of hydrogen-bond acceptors (Lipinski definition) is 4. The first-order valence-electron chi connectivity index (χ1n) is 11.4. The van der Waals surface area contributed by atoms with Crippen molar-refractivity contribution < 1.29 is 22.0 Å². The molecule has 0 unspecified atom stereocenters. The molecular weight excluding hydrogens is 469 g/mol. The molecule has 35 heavy (non-hydrogen) atoms. The fourth-order valence-electron chi connectivity index (χ4n) is 4.69. The fourth-order valence-corrected chi connectivity index (χ4v) is 6.30. The van der Waals surface area contributed by atoms with Gasteiger partial charge in [0.25, 0.3) is 5.91 Å². The second-order valence-electron chi connectivity index (χ2n) is 8.96. The highest BCUT2D eigenvalue weighted by Gasteiger charge is 2.36. The van der Waals surface area contributed by atoms with Crippen molar-refractivity contribution in [3.63, 3.8) is 0 Å². The monoisotopic (exact) mass is 495 g/mol. The smallest absolute Gasteiger partial charge is 0.270 e. The lowest BCUT2D eigenvalue weighted by molar-refractivity contribution is 0.0632. The molecule has 0 bridgehead atoms. The third kappa shape index (κ3) is 4.37. The lowest BCUT2D eigenvalue weighted by atomic mass is 10.1. The second kappa shape index (κ2) is 8.98. The summed E-state index contributed by atoms with van der Waals surface area (Å²) in [6.07, 6.45) is 1.60. The van der Waals surface area contributed by atoms with Crippen LogP contribution in [0.1, 0.15) is 28.5 Å². The maximum atomic E-state index is 13.6. The van der Waals surface area contributed by atoms with Crippen LogP contribution in [0.2, 0.25) is 0 Å². The normalized spacial score (nSPS) is 17.2. The number of hydrogen-bond donors (Lipinski definition) is 0. The van der Waals surface area contributed by atoms with E-state index in [4.69, 9.17) is 4.42 Å². The molecule has 4 aromatic rings. The average Bonchev–Trinajstić information content (AvgIpc) is 3.41. The van der Waals surface area contributed by atoms with Crippen molar-refractivity contribution in [1.82, 2.24) is 13.8 Å². The van der Waals surface area contributed by atoms with Crippen molar-refractivity contribution in [3.8, 4) is 0 Å². The second-order valence-corrected chi connectivity index (χ2v) is 10.8. The zero-order valence-electron chi connectivity index (χ0n) is 19.5. The van der Waals surface area contributed by atoms with E-state index in [2.05, 4.69) is 6.07 Å². The topological polar surface area (TPSA) is 75.8 Å². The van der Waals surface area contributed by atoms with Gasteiger partial charge in [0, 0.05) is 31.1 Å². The molecule has 2 aromatic heterocycles. The molecule has 9 heteroatoms. The Bertz CT molecular complexity index is 1490. The van der Waals surface area contributed by atoms with Gasteiger partial charge in [-0.25, -0.2) is 12.8 Å². The van der Waals surface area contributed by atoms with Crippen LogP contribution in [0.5, 0.6) is 0 Å². The first-order valence-corrected chi connectivity index (χ1v) is 12.9. The van der Waals surface area contributed by atoms with Gasteiger partial charge in [-0.15, -0.1) is 0 Å². The number of carbonyl (C=O) groups excluding carboxylic acids is 1. The van der Waals surface area contributed by atoms with E-state index in [-0.39, 0.29) is 30.4 Å². The number of halogens is 1. The molecular formula is C26H26FN3O4S. The summed E-state index contributed by atoms with van der Waals surface area (Å²) in [4.78, 5) is 15.3. The molecule has 1 aliphatic rings. The molecule has 1 fully saturated rings. The van der Waals surface area contributed by atoms with Gasteiger partial charge < -0.3 is 13.9 Å². The predicted molar refractivity (Wildman–Crippen MR) is 130 cm³/mol. The van der Waals surface area contributed by atoms with Crippen LogP contribution in [0.4, 0.5) is 4.39 Å². The fraction of sp³-hybridized carbons (Fsp3) is 0.269. The molecule has 1 saturated heterocycles. The number of rotatable bonds is 5. The van der Waals surface area contributed by atoms with Gasteiger partial charge in [0.15, 0.2) is 0 Å². The molecule has 5 rings (SSSR count). The van der Waals surface area contributed by atoms with E-state index >= 15 is 0 Å². The number of fused-ring (bicyclic) bond motifs is 1. The number of benzene rings is 2. The van der Waals surface area contributed by atoms with E-state index in [1.807, 2.05) is 41.8 Å². The van der Waals surface area contributed by atoms with Crippen LogP contribution in [0.15, 0.2) is 76.2 Å². The van der Waals surface area contributed by atoms with Gasteiger partial charge in [0.1, 0.15) is 11.5 Å². The van der Waals surface area contributed by atoms with Crippen molar-refractivity contribution in [2.24, 2.45) is 0 Å². The molecule has 0 saturated carbocycles. The lowest BCUT2D eigenvalue weighted by Crippen LogP contribution is -2.55. The first-order chi connectivity index (χ1) is 16.7. The maximum absolute atomic E-state index is 13.6. The molecule has 0 spiro atoms. The van der Waals surface area contributed by atoms with Gasteiger partial charge >= 0.3 is 0 Å². The minimum Gasteiger partial charge on any atom is -0.448 e. The minimum atomic E-state index is -3.80. The van der Waals surface area contributed by atoms with E-state index in [0.29, 0.717) is 18.0 Å². The van der Waals surface area contributed by atoms with Crippen molar-refractivity contribution >= 4 is 27.0 Å². The summed E-state index contributed by atoms with van der Waals surface area (Å²) in [6.45, 7) is 4.93. The quantitative estimate of drug-likeness (QED) is 0.415. The molecule has 1 aliphatic heterocycles. The summed E-state index contributed by atoms with van der Waals surface area (Å²) in [5, 5.41) is 0.839. The van der Waals surface area contributed by atoms with Crippen LogP contribution in [-0.2, 0) is 16.6 Å². The zero-order chi connectivity index (χ0) is 24.7. The maximum Gasteiger partial charge on any atom is 0.270 e. The Balaban J connectivity index is 1.39. The highest BCUT2D eigenvalue weighted by atomic mass is 32.2. The van der Waals surface area contributed by atoms with E-state index in [9.17, 15) is 17.6 Å². The highest BCUT2D eigenvalue weighted by molar-refractivity contribution is 7.89. The van der Waals surface area contributed by atoms with E-state index in [0.717, 1.165) is 28.6 Å². The number of nitrogens with zero attached hydrogens (tertiary/aromatic N) is 3. The Kier molecular flexibility index (Phi) is 5.98. The van der Waals surface area contributed by atoms with Gasteiger partial charge in [-0.05, 0) is 55.8 Å². The number of amides is 1. The summed E-state index contributed by atoms with van der Waals surface area (Å²) < 4.78 is 48.4. The van der Waals surface area contributed by atoms with Crippen molar-refractivity contribution in [1.29, 1.82) is 0 Å². The lowest BCUT2D eigenvalue weighted by Gasteiger charge is -2.39. The molecule has 182 valence electrons. The van der Waals surface area contributed by atoms with Crippen molar-refractivity contribution in [2.45, 2.75) is 31.3 Å². The average molecular weight is 496 g/mol. The number of aryl methyl sites for hydroxylation is 1. The Morgan fingerprint density at radius 1 is 1.09 bits per heavy atom. The number of piperazine rings is 1. The predicted octanol–water partition coefficient (Wildman–Crippen LogP) is 4.27. The molecule has 0 aliphatic carbocycles. The van der Waals surface area contributed by atoms with Gasteiger partial charge in [0.05, 0.1) is 17.7 Å². The third-order valence-electron chi connectivity index (χ3n) is 6.42. The van der Waals surface area contributed by atoms with E-state index in [1.165, 1.54) is 16.4 Å². The molecule has 2 aromatic carbocycles. The Labute approximate surface area is 203 Å². The molecule has 1 amide bonds. The van der Waals surface area contributed by atoms with E-state index < -0.39 is 21.9 Å². The van der Waals surface area contributed by atoms with Crippen LogP contribution in [0.3, 0.4) is 0 Å². The van der Waals surface area contributed by atoms with Crippen LogP contribution < -0.4 is 0 Å². The summed E-state index contributed by atoms with van der Waals surface area (Å²) in [7, 11) is -3.80. The van der Waals surface area contributed by atoms with E-state index in [1.54, 1.807) is 18.1 Å². The number of furan rings is 1. The molecule has 3 heterocycles. The van der Waals surface area contributed by atoms with Gasteiger partial charge in [0.2, 0.25) is 15.7 Å². The van der Waals surface area contributed by atoms with Crippen LogP contribution in [0, 0.1) is 12.7 Å². The highest BCUT2D eigenvalue weighted by Crippen LogP contribution is 2.26. The third-order valence-corrected chi connectivity index (χ3v) is 8.45. The van der Waals surface area contributed by atoms with Gasteiger partial charge in [-0.1, -0.05) is 29.8 Å². The van der Waals surface area contributed by atoms with Crippen molar-refractivity contribution in [3.05, 3.63) is 89.6 Å². The largest absolute Gasteiger partial charge is 0.448 e. The first kappa shape index (κ1) is 23.3. The number of carbonyl (C=O) groups is 1. The van der Waals surface area contributed by atoms with Crippen LogP contribution in [0.25, 0.3) is 11.1 Å². The minimum absolute atomic E-state index is 0.0397. The number of sulfonamides is 1. The SMILES string of the molecule is Cc1cccc(Cn2c(C(=O)N3CCN(S(=O)(=O)c4ccc(F)cc4)[C@@H](C)C3)cc3ccoc32)c1. The molecule has 0 N–H and O–H groups in total. The Morgan fingerprint density at radius 3 is 2.57 bits per heavy atom. The van der Waals surface area contributed by atoms with Crippen LogP contribution >= 0.6 is 0 Å². The van der Waals surface area contributed by atoms with Gasteiger partial charge in [-0.2, -0.15) is 4.31 Å². The summed E-state index contributed by atoms with van der Waals surface area (Å²) in [6, 6.07) is 16.1. The van der Waals surface area contributed by atoms with Gasteiger partial charge in [-0.3, -0.25) is 4.79 Å². The zero-order valence-corrected chi connectivity index (χ0v) is 20.3. The Morgan fingerprint density at radius 2 is 1.86 bits per heavy atom.